The number of hydrogen-bond donors (Lipinski definition) is 3. The number of amides is 3. The van der Waals surface area contributed by atoms with Crippen LogP contribution in [0.25, 0.3) is 0 Å². The third-order valence-electron chi connectivity index (χ3n) is 6.26. The molecule has 0 unspecified atom stereocenters. The number of nitrogens with one attached hydrogen (secondary N) is 3. The third-order valence-corrected chi connectivity index (χ3v) is 7.53. The molecular weight excluding hydrogens is 661 g/mol. The number of alkyl halides is 7. The van der Waals surface area contributed by atoms with E-state index in [0.29, 0.717) is 24.3 Å². The monoisotopic (exact) mass is 673 g/mol. The molecule has 1 aliphatic carbocycles. The molecule has 0 aliphatic heterocycles. The third kappa shape index (κ3) is 6.65. The van der Waals surface area contributed by atoms with E-state index in [2.05, 4.69) is 5.32 Å². The Morgan fingerprint density at radius 3 is 2.14 bits per heavy atom. The minimum atomic E-state index is -5.03. The summed E-state index contributed by atoms with van der Waals surface area (Å²) in [4.78, 5) is 37.0. The fourth-order valence-electron chi connectivity index (χ4n) is 4.15. The van der Waals surface area contributed by atoms with Gasteiger partial charge in [0.15, 0.2) is 5.82 Å². The molecule has 0 aromatic heterocycles. The number of anilines is 3. The van der Waals surface area contributed by atoms with Crippen LogP contribution in [0.1, 0.15) is 27.4 Å². The first-order valence-electron chi connectivity index (χ1n) is 11.7. The van der Waals surface area contributed by atoms with E-state index < -0.39 is 86.4 Å². The maximum Gasteiger partial charge on any atom is 0.419 e. The minimum absolute atomic E-state index is 0.122. The van der Waals surface area contributed by atoms with Crippen molar-refractivity contribution < 1.29 is 49.5 Å². The summed E-state index contributed by atoms with van der Waals surface area (Å²) in [6.07, 6.45) is -8.54. The van der Waals surface area contributed by atoms with Crippen LogP contribution in [0, 0.1) is 23.4 Å². The Bertz CT molecular complexity index is 1640. The molecule has 3 amide bonds. The number of hydrogen-bond acceptors (Lipinski definition) is 3. The molecule has 1 fully saturated rings. The zero-order valence-electron chi connectivity index (χ0n) is 20.7. The second-order valence-electron chi connectivity index (χ2n) is 9.08. The normalized spacial score (nSPS) is 17.4. The summed E-state index contributed by atoms with van der Waals surface area (Å²) in [7, 11) is 0. The van der Waals surface area contributed by atoms with Crippen LogP contribution in [0.2, 0.25) is 5.02 Å². The topological polar surface area (TPSA) is 87.3 Å². The summed E-state index contributed by atoms with van der Waals surface area (Å²) in [5, 5.41) is 5.49. The van der Waals surface area contributed by atoms with Gasteiger partial charge in [-0.25, -0.2) is 13.2 Å². The van der Waals surface area contributed by atoms with Crippen molar-refractivity contribution in [2.45, 2.75) is 22.9 Å². The Morgan fingerprint density at radius 1 is 0.860 bits per heavy atom. The summed E-state index contributed by atoms with van der Waals surface area (Å²) in [6.45, 7) is 0. The molecule has 0 heterocycles. The maximum absolute atomic E-state index is 14.7. The van der Waals surface area contributed by atoms with Gasteiger partial charge in [0, 0.05) is 11.6 Å². The predicted molar refractivity (Wildman–Crippen MR) is 141 cm³/mol. The fourth-order valence-corrected chi connectivity index (χ4v) is 5.18. The minimum Gasteiger partial charge on any atom is -0.326 e. The van der Waals surface area contributed by atoms with Crippen molar-refractivity contribution in [1.29, 1.82) is 0 Å². The molecule has 0 radical (unpaired) electrons. The Balaban J connectivity index is 1.53. The van der Waals surface area contributed by atoms with Crippen LogP contribution in [0.15, 0.2) is 48.5 Å². The molecule has 0 spiro atoms. The van der Waals surface area contributed by atoms with Crippen LogP contribution in [0.3, 0.4) is 0 Å². The number of carbonyl (C=O) groups excluding carboxylic acids is 3. The number of halogens is 11. The lowest BCUT2D eigenvalue weighted by atomic mass is 10.0. The second-order valence-corrected chi connectivity index (χ2v) is 10.9. The van der Waals surface area contributed by atoms with E-state index in [4.69, 9.17) is 34.8 Å². The van der Waals surface area contributed by atoms with Crippen molar-refractivity contribution in [3.8, 4) is 0 Å². The first kappa shape index (κ1) is 32.3. The molecular formula is C26H14Cl3F8N3O3. The van der Waals surface area contributed by atoms with Crippen molar-refractivity contribution in [2.75, 3.05) is 16.0 Å². The molecule has 0 saturated heterocycles. The highest BCUT2D eigenvalue weighted by Crippen LogP contribution is 2.65. The lowest BCUT2D eigenvalue weighted by Crippen LogP contribution is -2.22. The van der Waals surface area contributed by atoms with Crippen LogP contribution < -0.4 is 16.0 Å². The van der Waals surface area contributed by atoms with Gasteiger partial charge in [-0.2, -0.15) is 22.0 Å². The van der Waals surface area contributed by atoms with E-state index in [1.165, 1.54) is 11.4 Å². The van der Waals surface area contributed by atoms with Crippen LogP contribution in [-0.2, 0) is 15.8 Å². The number of benzene rings is 3. The molecule has 0 bridgehead atoms. The molecule has 228 valence electrons. The van der Waals surface area contributed by atoms with Gasteiger partial charge in [0.1, 0.15) is 21.7 Å². The first-order chi connectivity index (χ1) is 19.9. The van der Waals surface area contributed by atoms with Crippen molar-refractivity contribution in [2.24, 2.45) is 5.92 Å². The van der Waals surface area contributed by atoms with Crippen LogP contribution >= 0.6 is 34.8 Å². The van der Waals surface area contributed by atoms with Gasteiger partial charge in [-0.15, -0.1) is 23.2 Å². The molecule has 4 rings (SSSR count). The van der Waals surface area contributed by atoms with Crippen LogP contribution in [0.4, 0.5) is 52.2 Å². The van der Waals surface area contributed by atoms with Crippen molar-refractivity contribution in [3.63, 3.8) is 0 Å². The zero-order chi connectivity index (χ0) is 32.0. The van der Waals surface area contributed by atoms with Crippen LogP contribution in [0.5, 0.6) is 0 Å². The van der Waals surface area contributed by atoms with E-state index in [0.717, 1.165) is 18.2 Å². The Kier molecular flexibility index (Phi) is 8.87. The quantitative estimate of drug-likeness (QED) is 0.177. The lowest BCUT2D eigenvalue weighted by Gasteiger charge is -2.13. The van der Waals surface area contributed by atoms with E-state index in [-0.39, 0.29) is 16.3 Å². The summed E-state index contributed by atoms with van der Waals surface area (Å²) >= 11 is 18.4. The molecule has 3 N–H and O–H groups in total. The van der Waals surface area contributed by atoms with Gasteiger partial charge in [0.25, 0.3) is 11.8 Å². The highest BCUT2D eigenvalue weighted by Gasteiger charge is 2.67. The molecule has 1 saturated carbocycles. The van der Waals surface area contributed by atoms with Gasteiger partial charge < -0.3 is 16.0 Å². The average molecular weight is 675 g/mol. The Hall–Kier alpha value is -3.62. The van der Waals surface area contributed by atoms with E-state index in [9.17, 15) is 49.5 Å². The Morgan fingerprint density at radius 2 is 1.51 bits per heavy atom. The zero-order valence-corrected chi connectivity index (χ0v) is 23.0. The highest BCUT2D eigenvalue weighted by molar-refractivity contribution is 6.53. The summed E-state index contributed by atoms with van der Waals surface area (Å²) < 4.78 is 105. The molecule has 3 aromatic rings. The van der Waals surface area contributed by atoms with E-state index in [1.807, 2.05) is 5.32 Å². The first-order valence-corrected chi connectivity index (χ1v) is 12.8. The summed E-state index contributed by atoms with van der Waals surface area (Å²) in [5.41, 5.74) is -4.28. The largest absolute Gasteiger partial charge is 0.419 e. The maximum atomic E-state index is 14.7. The standard InChI is InChI=1S/C26H14Cl3F8N3O3/c27-13-3-2-10(8-11(13)22(41)40-20-15(31)5-6-16(19(20)32)39-24(43)21(33)34)38-23(42)18-17(25(18,28)29)9-1-4-14(30)12(7-9)26(35,36)37/h1-8,17-18,21H,(H,38,42)(H,39,43)(H,40,41)/t17-,18+/m0/s1. The van der Waals surface area contributed by atoms with Gasteiger partial charge in [-0.1, -0.05) is 17.7 Å². The van der Waals surface area contributed by atoms with Crippen molar-refractivity contribution >= 4 is 69.6 Å². The van der Waals surface area contributed by atoms with Crippen molar-refractivity contribution in [3.05, 3.63) is 87.7 Å². The summed E-state index contributed by atoms with van der Waals surface area (Å²) in [5.74, 6) is -11.0. The SMILES string of the molecule is O=C(Nc1c(F)ccc(NC(=O)C(F)F)c1F)c1cc(NC(=O)[C@H]2[C@H](c3ccc(F)c(C(F)(F)F)c3)C2(Cl)Cl)ccc1Cl. The van der Waals surface area contributed by atoms with Gasteiger partial charge in [-0.3, -0.25) is 14.4 Å². The smallest absolute Gasteiger partial charge is 0.326 e. The average Bonchev–Trinajstić information content (AvgIpc) is 3.50. The molecule has 2 atom stereocenters. The molecule has 3 aromatic carbocycles. The van der Waals surface area contributed by atoms with Crippen LogP contribution in [-0.4, -0.2) is 28.5 Å². The lowest BCUT2D eigenvalue weighted by molar-refractivity contribution is -0.140. The molecule has 17 heteroatoms. The molecule has 43 heavy (non-hydrogen) atoms. The molecule has 1 aliphatic rings. The van der Waals surface area contributed by atoms with Gasteiger partial charge >= 0.3 is 12.6 Å². The van der Waals surface area contributed by atoms with E-state index in [1.54, 1.807) is 0 Å². The highest BCUT2D eigenvalue weighted by atomic mass is 35.5. The number of carbonyl (C=O) groups is 3. The summed E-state index contributed by atoms with van der Waals surface area (Å²) in [6, 6.07) is 6.60. The van der Waals surface area contributed by atoms with Gasteiger partial charge in [-0.05, 0) is 48.0 Å². The molecule has 6 nitrogen and oxygen atoms in total. The second kappa shape index (κ2) is 11.8. The predicted octanol–water partition coefficient (Wildman–Crippen LogP) is 7.76. The number of rotatable bonds is 7. The van der Waals surface area contributed by atoms with Gasteiger partial charge in [0.2, 0.25) is 5.91 Å². The van der Waals surface area contributed by atoms with Crippen molar-refractivity contribution in [1.82, 2.24) is 0 Å². The fraction of sp³-hybridized carbons (Fsp3) is 0.192. The van der Waals surface area contributed by atoms with E-state index >= 15 is 0 Å². The van der Waals surface area contributed by atoms with Gasteiger partial charge in [0.05, 0.1) is 27.8 Å². The Labute approximate surface area is 251 Å².